The molecule has 0 bridgehead atoms. The first-order valence-corrected chi connectivity index (χ1v) is 23.0. The molecule has 2 heterocycles. The highest BCUT2D eigenvalue weighted by Crippen LogP contribution is 2.48. The number of aromatic hydroxyl groups is 1. The van der Waals surface area contributed by atoms with Crippen molar-refractivity contribution in [1.29, 1.82) is 0 Å². The Morgan fingerprint density at radius 3 is 1.06 bits per heavy atom. The van der Waals surface area contributed by atoms with Crippen LogP contribution in [-0.4, -0.2) is 50.3 Å². The van der Waals surface area contributed by atoms with E-state index < -0.39 is 11.2 Å². The summed E-state index contributed by atoms with van der Waals surface area (Å²) in [5.74, 6) is 0.291. The fourth-order valence-electron chi connectivity index (χ4n) is 11.8. The second-order valence-electron chi connectivity index (χ2n) is 18.3. The monoisotopic (exact) mass is 838 g/mol. The highest BCUT2D eigenvalue weighted by atomic mass is 16.3. The maximum atomic E-state index is 13.8. The average molecular weight is 839 g/mol. The Labute approximate surface area is 375 Å². The van der Waals surface area contributed by atoms with Gasteiger partial charge in [-0.25, -0.2) is 0 Å². The Hall–Kier alpha value is -6.34. The topological polar surface area (TPSA) is 67.2 Å². The number of benzene rings is 9. The van der Waals surface area contributed by atoms with Crippen LogP contribution in [0.3, 0.4) is 0 Å². The van der Waals surface area contributed by atoms with Crippen LogP contribution >= 0.6 is 0 Å². The van der Waals surface area contributed by atoms with Crippen molar-refractivity contribution in [1.82, 2.24) is 9.80 Å². The lowest BCUT2D eigenvalue weighted by atomic mass is 9.75. The number of likely N-dealkylation sites (tertiary alicyclic amines) is 2. The lowest BCUT2D eigenvalue weighted by Crippen LogP contribution is -2.48. The number of phenols is 1. The average Bonchev–Trinajstić information content (AvgIpc) is 4.02. The summed E-state index contributed by atoms with van der Waals surface area (Å²) in [6.45, 7) is 4.68. The van der Waals surface area contributed by atoms with Crippen molar-refractivity contribution in [3.05, 3.63) is 221 Å². The van der Waals surface area contributed by atoms with Crippen LogP contribution in [0.5, 0.6) is 5.75 Å². The first kappa shape index (κ1) is 40.4. The van der Waals surface area contributed by atoms with Crippen LogP contribution < -0.4 is 0 Å². The number of fused-ring (bicyclic) bond motifs is 4. The van der Waals surface area contributed by atoms with Gasteiger partial charge in [0.2, 0.25) is 0 Å². The fraction of sp³-hybridized carbons (Fsp3) is 0.220. The second kappa shape index (κ2) is 16.3. The number of phenolic OH excluding ortho intramolecular Hbond substituents is 1. The molecule has 9 aromatic carbocycles. The molecule has 5 heteroatoms. The standard InChI is InChI=1S/C59H54N2O3/c1-40-36-45(38-60-34-14-32-55(60)58(63,51-28-10-20-41-16-2-6-24-47(41)51)52-29-11-21-42-17-3-7-25-48(42)52)57(62)46(37-40)39-61-35-15-33-56(61)59(64,53-30-12-22-43-18-4-8-26-49(43)53)54-31-13-23-44-19-5-9-27-50(44)54/h2-13,16-31,36-37,55-56,62-64H,14-15,32-35,38-39H2,1H3/t55-,56-/m1/s1. The maximum absolute atomic E-state index is 13.8. The normalized spacial score (nSPS) is 17.6. The molecule has 3 N–H and O–H groups in total. The van der Waals surface area contributed by atoms with Crippen molar-refractivity contribution in [3.63, 3.8) is 0 Å². The van der Waals surface area contributed by atoms with Crippen molar-refractivity contribution in [2.24, 2.45) is 0 Å². The molecule has 2 atom stereocenters. The van der Waals surface area contributed by atoms with Crippen LogP contribution in [0.15, 0.2) is 182 Å². The van der Waals surface area contributed by atoms with Crippen LogP contribution in [0, 0.1) is 6.92 Å². The van der Waals surface area contributed by atoms with Gasteiger partial charge < -0.3 is 15.3 Å². The van der Waals surface area contributed by atoms with E-state index in [4.69, 9.17) is 0 Å². The lowest BCUT2D eigenvalue weighted by Gasteiger charge is -2.42. The van der Waals surface area contributed by atoms with E-state index in [0.29, 0.717) is 18.8 Å². The van der Waals surface area contributed by atoms with Gasteiger partial charge in [0.05, 0.1) is 0 Å². The van der Waals surface area contributed by atoms with Gasteiger partial charge in [-0.15, -0.1) is 0 Å². The molecule has 5 nitrogen and oxygen atoms in total. The molecule has 0 amide bonds. The van der Waals surface area contributed by atoms with Gasteiger partial charge in [-0.3, -0.25) is 9.80 Å². The SMILES string of the molecule is Cc1cc(CN2CCC[C@@H]2C(O)(c2cccc3ccccc23)c2cccc3ccccc23)c(O)c(CN2CCC[C@@H]2C(O)(c2cccc3ccccc23)c2cccc3ccccc23)c1. The Bertz CT molecular complexity index is 2800. The van der Waals surface area contributed by atoms with Crippen LogP contribution in [0.1, 0.15) is 64.6 Å². The molecule has 2 aliphatic heterocycles. The minimum atomic E-state index is -1.35. The Morgan fingerprint density at radius 2 is 0.734 bits per heavy atom. The van der Waals surface area contributed by atoms with E-state index in [9.17, 15) is 15.3 Å². The van der Waals surface area contributed by atoms with E-state index in [0.717, 1.165) is 121 Å². The third kappa shape index (κ3) is 6.69. The molecule has 11 rings (SSSR count). The second-order valence-corrected chi connectivity index (χ2v) is 18.3. The zero-order valence-corrected chi connectivity index (χ0v) is 36.4. The minimum Gasteiger partial charge on any atom is -0.507 e. The smallest absolute Gasteiger partial charge is 0.131 e. The van der Waals surface area contributed by atoms with E-state index in [1.807, 2.05) is 0 Å². The van der Waals surface area contributed by atoms with Crippen molar-refractivity contribution < 1.29 is 15.3 Å². The summed E-state index contributed by atoms with van der Waals surface area (Å²) in [4.78, 5) is 4.81. The zero-order chi connectivity index (χ0) is 43.4. The number of aryl methyl sites for hydroxylation is 1. The molecule has 0 aromatic heterocycles. The van der Waals surface area contributed by atoms with Crippen molar-refractivity contribution in [3.8, 4) is 5.75 Å². The molecule has 2 aliphatic rings. The largest absolute Gasteiger partial charge is 0.507 e. The number of nitrogens with zero attached hydrogens (tertiary/aromatic N) is 2. The molecule has 2 saturated heterocycles. The molecule has 0 aliphatic carbocycles. The van der Waals surface area contributed by atoms with Crippen molar-refractivity contribution >= 4 is 43.1 Å². The first-order valence-electron chi connectivity index (χ1n) is 23.0. The molecule has 0 radical (unpaired) electrons. The van der Waals surface area contributed by atoms with E-state index in [2.05, 4.69) is 199 Å². The minimum absolute atomic E-state index is 0.258. The fourth-order valence-corrected chi connectivity index (χ4v) is 11.8. The van der Waals surface area contributed by atoms with Crippen molar-refractivity contribution in [2.75, 3.05) is 13.1 Å². The summed E-state index contributed by atoms with van der Waals surface area (Å²) in [5, 5.41) is 48.5. The summed E-state index contributed by atoms with van der Waals surface area (Å²) >= 11 is 0. The summed E-state index contributed by atoms with van der Waals surface area (Å²) in [5.41, 5.74) is 3.69. The molecule has 0 unspecified atom stereocenters. The predicted octanol–water partition coefficient (Wildman–Crippen LogP) is 12.1. The summed E-state index contributed by atoms with van der Waals surface area (Å²) in [7, 11) is 0. The summed E-state index contributed by atoms with van der Waals surface area (Å²) < 4.78 is 0. The summed E-state index contributed by atoms with van der Waals surface area (Å²) in [6.07, 6.45) is 3.47. The molecule has 64 heavy (non-hydrogen) atoms. The van der Waals surface area contributed by atoms with Gasteiger partial charge >= 0.3 is 0 Å². The van der Waals surface area contributed by atoms with Gasteiger partial charge in [0.15, 0.2) is 0 Å². The molecule has 0 saturated carbocycles. The van der Waals surface area contributed by atoms with E-state index in [-0.39, 0.29) is 12.1 Å². The van der Waals surface area contributed by atoms with Gasteiger partial charge in [0.1, 0.15) is 17.0 Å². The van der Waals surface area contributed by atoms with Gasteiger partial charge in [-0.05, 0) is 111 Å². The molecular weight excluding hydrogens is 785 g/mol. The molecule has 2 fully saturated rings. The number of rotatable bonds is 10. The lowest BCUT2D eigenvalue weighted by molar-refractivity contribution is -0.00503. The van der Waals surface area contributed by atoms with Gasteiger partial charge in [-0.1, -0.05) is 188 Å². The quantitative estimate of drug-likeness (QED) is 0.128. The summed E-state index contributed by atoms with van der Waals surface area (Å²) in [6, 6.07) is 62.4. The van der Waals surface area contributed by atoms with Gasteiger partial charge in [0.25, 0.3) is 0 Å². The highest BCUT2D eigenvalue weighted by molar-refractivity contribution is 5.92. The van der Waals surface area contributed by atoms with Crippen LogP contribution in [0.4, 0.5) is 0 Å². The van der Waals surface area contributed by atoms with Crippen LogP contribution in [0.2, 0.25) is 0 Å². The van der Waals surface area contributed by atoms with Gasteiger partial charge in [0, 0.05) is 36.3 Å². The van der Waals surface area contributed by atoms with Crippen molar-refractivity contribution in [2.45, 2.75) is 69.0 Å². The molecule has 9 aromatic rings. The number of hydrogen-bond acceptors (Lipinski definition) is 5. The molecule has 318 valence electrons. The Kier molecular flexibility index (Phi) is 10.3. The Balaban J connectivity index is 0.979. The highest BCUT2D eigenvalue weighted by Gasteiger charge is 2.49. The van der Waals surface area contributed by atoms with Crippen LogP contribution in [0.25, 0.3) is 43.1 Å². The predicted molar refractivity (Wildman–Crippen MR) is 261 cm³/mol. The zero-order valence-electron chi connectivity index (χ0n) is 36.4. The van der Waals surface area contributed by atoms with E-state index in [1.54, 1.807) is 0 Å². The van der Waals surface area contributed by atoms with Crippen LogP contribution in [-0.2, 0) is 24.3 Å². The number of hydrogen-bond donors (Lipinski definition) is 3. The maximum Gasteiger partial charge on any atom is 0.131 e. The third-order valence-electron chi connectivity index (χ3n) is 14.7. The van der Waals surface area contributed by atoms with Gasteiger partial charge in [-0.2, -0.15) is 0 Å². The molecular formula is C59H54N2O3. The molecule has 0 spiro atoms. The van der Waals surface area contributed by atoms with E-state index in [1.165, 1.54) is 0 Å². The Morgan fingerprint density at radius 1 is 0.438 bits per heavy atom. The number of aliphatic hydroxyl groups is 2. The van der Waals surface area contributed by atoms with E-state index >= 15 is 0 Å². The first-order chi connectivity index (χ1) is 31.3. The third-order valence-corrected chi connectivity index (χ3v) is 14.7.